The molecule has 0 aromatic heterocycles. The number of hydrogen-bond donors (Lipinski definition) is 1. The van der Waals surface area contributed by atoms with E-state index in [1.165, 1.54) is 16.4 Å². The molecule has 1 N–H and O–H groups in total. The molecule has 6 nitrogen and oxygen atoms in total. The minimum atomic E-state index is -3.71. The van der Waals surface area contributed by atoms with Crippen molar-refractivity contribution in [2.45, 2.75) is 23.8 Å². The number of nitrogens with zero attached hydrogens (tertiary/aromatic N) is 1. The van der Waals surface area contributed by atoms with E-state index in [1.807, 2.05) is 0 Å². The highest BCUT2D eigenvalue weighted by atomic mass is 35.5. The van der Waals surface area contributed by atoms with Crippen LogP contribution in [0.5, 0.6) is 0 Å². The van der Waals surface area contributed by atoms with E-state index in [0.29, 0.717) is 25.9 Å². The number of aromatic carboxylic acids is 1. The molecule has 0 aliphatic carbocycles. The van der Waals surface area contributed by atoms with E-state index in [1.54, 1.807) is 7.11 Å². The Hall–Kier alpha value is -1.15. The Kier molecular flexibility index (Phi) is 4.88. The molecule has 0 saturated carbocycles. The first-order chi connectivity index (χ1) is 9.86. The van der Waals surface area contributed by atoms with Gasteiger partial charge in [0.25, 0.3) is 0 Å². The Morgan fingerprint density at radius 1 is 1.38 bits per heavy atom. The van der Waals surface area contributed by atoms with Crippen LogP contribution in [0.1, 0.15) is 23.2 Å². The molecule has 1 aliphatic heterocycles. The van der Waals surface area contributed by atoms with Gasteiger partial charge in [-0.2, -0.15) is 4.31 Å². The lowest BCUT2D eigenvalue weighted by atomic mass is 10.1. The lowest BCUT2D eigenvalue weighted by molar-refractivity contribution is 0.0604. The third-order valence-electron chi connectivity index (χ3n) is 3.53. The van der Waals surface area contributed by atoms with Gasteiger partial charge >= 0.3 is 5.97 Å². The van der Waals surface area contributed by atoms with Crippen LogP contribution in [0.15, 0.2) is 23.1 Å². The number of benzene rings is 1. The fourth-order valence-electron chi connectivity index (χ4n) is 2.29. The van der Waals surface area contributed by atoms with Crippen molar-refractivity contribution in [3.8, 4) is 0 Å². The van der Waals surface area contributed by atoms with Gasteiger partial charge in [0.15, 0.2) is 0 Å². The second-order valence-corrected chi connectivity index (χ2v) is 7.10. The Bertz CT molecular complexity index is 638. The second kappa shape index (κ2) is 6.31. The number of rotatable bonds is 4. The van der Waals surface area contributed by atoms with Gasteiger partial charge in [-0.15, -0.1) is 0 Å². The maximum Gasteiger partial charge on any atom is 0.335 e. The SMILES string of the molecule is COC1CCN(S(=O)(=O)c2ccc(C(=O)O)cc2Cl)CC1. The summed E-state index contributed by atoms with van der Waals surface area (Å²) in [5.41, 5.74) is -0.0444. The summed E-state index contributed by atoms with van der Waals surface area (Å²) in [6, 6.07) is 3.63. The minimum absolute atomic E-state index is 0.0444. The Morgan fingerprint density at radius 3 is 2.48 bits per heavy atom. The first kappa shape index (κ1) is 16.2. The van der Waals surface area contributed by atoms with Gasteiger partial charge in [-0.05, 0) is 31.0 Å². The zero-order valence-corrected chi connectivity index (χ0v) is 13.0. The average molecular weight is 334 g/mol. The van der Waals surface area contributed by atoms with Crippen LogP contribution < -0.4 is 0 Å². The van der Waals surface area contributed by atoms with Crippen molar-refractivity contribution in [2.75, 3.05) is 20.2 Å². The molecule has 0 unspecified atom stereocenters. The number of carbonyl (C=O) groups is 1. The van der Waals surface area contributed by atoms with Crippen LogP contribution in [0.2, 0.25) is 5.02 Å². The van der Waals surface area contributed by atoms with Crippen molar-refractivity contribution in [1.82, 2.24) is 4.31 Å². The molecule has 0 radical (unpaired) electrons. The second-order valence-electron chi connectivity index (χ2n) is 4.79. The predicted molar refractivity (Wildman–Crippen MR) is 77.2 cm³/mol. The van der Waals surface area contributed by atoms with Crippen LogP contribution >= 0.6 is 11.6 Å². The molecule has 0 amide bonds. The highest BCUT2D eigenvalue weighted by molar-refractivity contribution is 7.89. The van der Waals surface area contributed by atoms with E-state index in [0.717, 1.165) is 6.07 Å². The number of halogens is 1. The molecule has 1 aromatic rings. The molecular formula is C13H16ClNO5S. The van der Waals surface area contributed by atoms with Crippen LogP contribution in [-0.2, 0) is 14.8 Å². The Balaban J connectivity index is 2.26. The van der Waals surface area contributed by atoms with E-state index >= 15 is 0 Å². The molecule has 0 spiro atoms. The Morgan fingerprint density at radius 2 is 2.00 bits per heavy atom. The van der Waals surface area contributed by atoms with Gasteiger partial charge in [0, 0.05) is 20.2 Å². The van der Waals surface area contributed by atoms with Crippen LogP contribution in [0, 0.1) is 0 Å². The summed E-state index contributed by atoms with van der Waals surface area (Å²) in [6.45, 7) is 0.718. The largest absolute Gasteiger partial charge is 0.478 e. The van der Waals surface area contributed by atoms with Crippen LogP contribution in [0.4, 0.5) is 0 Å². The molecule has 116 valence electrons. The van der Waals surface area contributed by atoms with Crippen LogP contribution in [-0.4, -0.2) is 50.1 Å². The molecule has 0 bridgehead atoms. The molecule has 1 saturated heterocycles. The van der Waals surface area contributed by atoms with Gasteiger partial charge < -0.3 is 9.84 Å². The van der Waals surface area contributed by atoms with E-state index in [2.05, 4.69) is 0 Å². The van der Waals surface area contributed by atoms with Gasteiger partial charge in [-0.3, -0.25) is 0 Å². The standard InChI is InChI=1S/C13H16ClNO5S/c1-20-10-4-6-15(7-5-10)21(18,19)12-3-2-9(13(16)17)8-11(12)14/h2-3,8,10H,4-7H2,1H3,(H,16,17). The summed E-state index contributed by atoms with van der Waals surface area (Å²) in [5, 5.41) is 8.80. The summed E-state index contributed by atoms with van der Waals surface area (Å²) < 4.78 is 31.6. The minimum Gasteiger partial charge on any atom is -0.478 e. The van der Waals surface area contributed by atoms with E-state index in [4.69, 9.17) is 21.4 Å². The van der Waals surface area contributed by atoms with Crippen LogP contribution in [0.3, 0.4) is 0 Å². The number of carboxylic acid groups (broad SMARTS) is 1. The van der Waals surface area contributed by atoms with Crippen molar-refractivity contribution in [2.24, 2.45) is 0 Å². The van der Waals surface area contributed by atoms with Crippen LogP contribution in [0.25, 0.3) is 0 Å². The monoisotopic (exact) mass is 333 g/mol. The lowest BCUT2D eigenvalue weighted by Gasteiger charge is -2.30. The quantitative estimate of drug-likeness (QED) is 0.908. The molecule has 0 atom stereocenters. The van der Waals surface area contributed by atoms with E-state index in [9.17, 15) is 13.2 Å². The number of piperidine rings is 1. The van der Waals surface area contributed by atoms with Gasteiger partial charge in [-0.25, -0.2) is 13.2 Å². The predicted octanol–water partition coefficient (Wildman–Crippen LogP) is 1.84. The van der Waals surface area contributed by atoms with Gasteiger partial charge in [0.2, 0.25) is 10.0 Å². The third kappa shape index (κ3) is 3.37. The van der Waals surface area contributed by atoms with Crippen molar-refractivity contribution in [1.29, 1.82) is 0 Å². The van der Waals surface area contributed by atoms with Crippen molar-refractivity contribution in [3.05, 3.63) is 28.8 Å². The maximum absolute atomic E-state index is 12.5. The maximum atomic E-state index is 12.5. The van der Waals surface area contributed by atoms with Gasteiger partial charge in [-0.1, -0.05) is 11.6 Å². The molecule has 21 heavy (non-hydrogen) atoms. The number of sulfonamides is 1. The summed E-state index contributed by atoms with van der Waals surface area (Å²) in [7, 11) is -2.11. The zero-order valence-electron chi connectivity index (χ0n) is 11.5. The zero-order chi connectivity index (χ0) is 15.6. The summed E-state index contributed by atoms with van der Waals surface area (Å²) in [4.78, 5) is 10.8. The van der Waals surface area contributed by atoms with Crippen molar-refractivity contribution >= 4 is 27.6 Å². The first-order valence-corrected chi connectivity index (χ1v) is 8.24. The fourth-order valence-corrected chi connectivity index (χ4v) is 4.28. The summed E-state index contributed by atoms with van der Waals surface area (Å²) in [6.07, 6.45) is 1.32. The lowest BCUT2D eigenvalue weighted by Crippen LogP contribution is -2.40. The smallest absolute Gasteiger partial charge is 0.335 e. The summed E-state index contributed by atoms with van der Waals surface area (Å²) in [5.74, 6) is -1.15. The fraction of sp³-hybridized carbons (Fsp3) is 0.462. The normalized spacial score (nSPS) is 17.8. The topological polar surface area (TPSA) is 83.9 Å². The molecule has 1 fully saturated rings. The average Bonchev–Trinajstić information content (AvgIpc) is 2.46. The first-order valence-electron chi connectivity index (χ1n) is 6.42. The summed E-state index contributed by atoms with van der Waals surface area (Å²) >= 11 is 5.94. The van der Waals surface area contributed by atoms with E-state index < -0.39 is 16.0 Å². The third-order valence-corrected chi connectivity index (χ3v) is 5.91. The van der Waals surface area contributed by atoms with Gasteiger partial charge in [0.05, 0.1) is 16.7 Å². The molecule has 2 rings (SSSR count). The molecule has 1 heterocycles. The van der Waals surface area contributed by atoms with Crippen molar-refractivity contribution < 1.29 is 23.1 Å². The van der Waals surface area contributed by atoms with E-state index in [-0.39, 0.29) is 21.6 Å². The molecular weight excluding hydrogens is 318 g/mol. The highest BCUT2D eigenvalue weighted by Crippen LogP contribution is 2.28. The molecule has 8 heteroatoms. The number of ether oxygens (including phenoxy) is 1. The van der Waals surface area contributed by atoms with Crippen molar-refractivity contribution in [3.63, 3.8) is 0 Å². The number of methoxy groups -OCH3 is 1. The molecule has 1 aromatic carbocycles. The number of carboxylic acids is 1. The Labute approximate surface area is 128 Å². The number of hydrogen-bond acceptors (Lipinski definition) is 4. The van der Waals surface area contributed by atoms with Gasteiger partial charge in [0.1, 0.15) is 4.90 Å². The highest BCUT2D eigenvalue weighted by Gasteiger charge is 2.31. The molecule has 1 aliphatic rings.